The first-order chi connectivity index (χ1) is 13.0. The second-order valence-electron chi connectivity index (χ2n) is 6.51. The van der Waals surface area contributed by atoms with E-state index in [1.807, 2.05) is 24.3 Å². The number of sulfonamides is 1. The van der Waals surface area contributed by atoms with Crippen molar-refractivity contribution in [1.29, 1.82) is 0 Å². The van der Waals surface area contributed by atoms with E-state index in [-0.39, 0.29) is 16.8 Å². The molecule has 1 unspecified atom stereocenters. The Morgan fingerprint density at radius 3 is 2.56 bits per heavy atom. The van der Waals surface area contributed by atoms with Gasteiger partial charge in [-0.25, -0.2) is 8.42 Å². The number of benzene rings is 2. The largest absolute Gasteiger partial charge is 0.497 e. The van der Waals surface area contributed by atoms with Gasteiger partial charge >= 0.3 is 0 Å². The highest BCUT2D eigenvalue weighted by atomic mass is 32.2. The smallest absolute Gasteiger partial charge is 0.251 e. The van der Waals surface area contributed by atoms with Gasteiger partial charge in [0.2, 0.25) is 10.0 Å². The maximum Gasteiger partial charge on any atom is 0.251 e. The maximum atomic E-state index is 13.3. The summed E-state index contributed by atoms with van der Waals surface area (Å²) in [6, 6.07) is 13.4. The minimum absolute atomic E-state index is 0.199. The van der Waals surface area contributed by atoms with Gasteiger partial charge in [-0.3, -0.25) is 4.79 Å². The van der Waals surface area contributed by atoms with Crippen molar-refractivity contribution in [3.05, 3.63) is 59.7 Å². The molecular weight excluding hydrogens is 364 g/mol. The Morgan fingerprint density at radius 1 is 1.15 bits per heavy atom. The molecule has 2 aromatic carbocycles. The number of methoxy groups -OCH3 is 1. The van der Waals surface area contributed by atoms with E-state index in [0.717, 1.165) is 24.8 Å². The van der Waals surface area contributed by atoms with Gasteiger partial charge in [-0.2, -0.15) is 4.31 Å². The van der Waals surface area contributed by atoms with Crippen LogP contribution in [0.1, 0.15) is 41.2 Å². The summed E-state index contributed by atoms with van der Waals surface area (Å²) in [7, 11) is -0.526. The van der Waals surface area contributed by atoms with E-state index in [1.54, 1.807) is 18.5 Å². The highest BCUT2D eigenvalue weighted by Crippen LogP contribution is 2.36. The van der Waals surface area contributed by atoms with Gasteiger partial charge in [-0.1, -0.05) is 18.6 Å². The summed E-state index contributed by atoms with van der Waals surface area (Å²) in [4.78, 5) is 11.9. The molecule has 0 spiro atoms. The molecule has 6 nitrogen and oxygen atoms in total. The van der Waals surface area contributed by atoms with Crippen molar-refractivity contribution < 1.29 is 17.9 Å². The van der Waals surface area contributed by atoms with Crippen molar-refractivity contribution in [2.45, 2.75) is 30.2 Å². The Labute approximate surface area is 160 Å². The summed E-state index contributed by atoms with van der Waals surface area (Å²) in [6.07, 6.45) is 2.57. The number of ether oxygens (including phenoxy) is 1. The third-order valence-electron chi connectivity index (χ3n) is 4.88. The fraction of sp³-hybridized carbons (Fsp3) is 0.350. The molecule has 144 valence electrons. The fourth-order valence-corrected chi connectivity index (χ4v) is 5.11. The molecule has 1 aliphatic rings. The number of amides is 1. The number of piperidine rings is 1. The molecule has 1 amide bonds. The molecule has 1 N–H and O–H groups in total. The molecule has 2 aromatic rings. The van der Waals surface area contributed by atoms with Gasteiger partial charge in [0.15, 0.2) is 0 Å². The molecule has 0 saturated carbocycles. The third kappa shape index (κ3) is 3.99. The molecule has 1 saturated heterocycles. The lowest BCUT2D eigenvalue weighted by Gasteiger charge is -2.35. The van der Waals surface area contributed by atoms with Crippen LogP contribution in [0.5, 0.6) is 5.75 Å². The van der Waals surface area contributed by atoms with Crippen LogP contribution in [0, 0.1) is 0 Å². The Balaban J connectivity index is 1.94. The first kappa shape index (κ1) is 19.4. The van der Waals surface area contributed by atoms with Gasteiger partial charge in [0.05, 0.1) is 18.0 Å². The van der Waals surface area contributed by atoms with E-state index in [2.05, 4.69) is 5.32 Å². The van der Waals surface area contributed by atoms with E-state index in [4.69, 9.17) is 4.74 Å². The Kier molecular flexibility index (Phi) is 5.82. The average molecular weight is 388 g/mol. The number of nitrogens with zero attached hydrogens (tertiary/aromatic N) is 1. The molecule has 7 heteroatoms. The molecule has 1 heterocycles. The van der Waals surface area contributed by atoms with Crippen molar-refractivity contribution >= 4 is 15.9 Å². The van der Waals surface area contributed by atoms with Crippen LogP contribution in [0.25, 0.3) is 0 Å². The van der Waals surface area contributed by atoms with Crippen molar-refractivity contribution in [3.63, 3.8) is 0 Å². The zero-order valence-electron chi connectivity index (χ0n) is 15.5. The zero-order chi connectivity index (χ0) is 19.4. The summed E-state index contributed by atoms with van der Waals surface area (Å²) in [5, 5.41) is 2.53. The SMILES string of the molecule is CNC(=O)c1ccc(S(=O)(=O)N2CCCCC2c2cccc(OC)c2)cc1. The summed E-state index contributed by atoms with van der Waals surface area (Å²) < 4.78 is 33.4. The van der Waals surface area contributed by atoms with Crippen molar-refractivity contribution in [2.24, 2.45) is 0 Å². The standard InChI is InChI=1S/C20H24N2O4S/c1-21-20(23)15-9-11-18(12-10-15)27(24,25)22-13-4-3-8-19(22)16-6-5-7-17(14-16)26-2/h5-7,9-12,14,19H,3-4,8,13H2,1-2H3,(H,21,23). The number of nitrogens with one attached hydrogen (secondary N) is 1. The van der Waals surface area contributed by atoms with Gasteiger partial charge in [-0.05, 0) is 54.8 Å². The fourth-order valence-electron chi connectivity index (χ4n) is 3.43. The predicted octanol–water partition coefficient (Wildman–Crippen LogP) is 2.97. The molecule has 1 atom stereocenters. The highest BCUT2D eigenvalue weighted by molar-refractivity contribution is 7.89. The zero-order valence-corrected chi connectivity index (χ0v) is 16.3. The number of hydrogen-bond donors (Lipinski definition) is 1. The minimum Gasteiger partial charge on any atom is -0.497 e. The number of rotatable bonds is 5. The van der Waals surface area contributed by atoms with Crippen LogP contribution >= 0.6 is 0 Å². The van der Waals surface area contributed by atoms with Crippen LogP contribution < -0.4 is 10.1 Å². The maximum absolute atomic E-state index is 13.3. The van der Waals surface area contributed by atoms with Crippen LogP contribution in [0.2, 0.25) is 0 Å². The molecule has 1 fully saturated rings. The molecule has 0 bridgehead atoms. The van der Waals surface area contributed by atoms with Crippen LogP contribution in [0.15, 0.2) is 53.4 Å². The monoisotopic (exact) mass is 388 g/mol. The van der Waals surface area contributed by atoms with E-state index >= 15 is 0 Å². The second kappa shape index (κ2) is 8.10. The lowest BCUT2D eigenvalue weighted by atomic mass is 9.97. The van der Waals surface area contributed by atoms with Crippen LogP contribution in [0.4, 0.5) is 0 Å². The molecule has 0 radical (unpaired) electrons. The molecule has 0 aliphatic carbocycles. The van der Waals surface area contributed by atoms with Crippen molar-refractivity contribution in [1.82, 2.24) is 9.62 Å². The summed E-state index contributed by atoms with van der Waals surface area (Å²) in [5.74, 6) is 0.469. The lowest BCUT2D eigenvalue weighted by molar-refractivity contribution is 0.0963. The van der Waals surface area contributed by atoms with Crippen molar-refractivity contribution in [2.75, 3.05) is 20.7 Å². The summed E-state index contributed by atoms with van der Waals surface area (Å²) in [6.45, 7) is 0.474. The van der Waals surface area contributed by atoms with Gasteiger partial charge in [0, 0.05) is 19.2 Å². The number of hydrogen-bond acceptors (Lipinski definition) is 4. The average Bonchev–Trinajstić information content (AvgIpc) is 2.73. The number of carbonyl (C=O) groups excluding carboxylic acids is 1. The minimum atomic E-state index is -3.67. The summed E-state index contributed by atoms with van der Waals surface area (Å²) in [5.41, 5.74) is 1.36. The molecular formula is C20H24N2O4S. The molecule has 27 heavy (non-hydrogen) atoms. The Bertz CT molecular complexity index is 910. The Morgan fingerprint density at radius 2 is 1.89 bits per heavy atom. The van der Waals surface area contributed by atoms with E-state index < -0.39 is 10.0 Å². The van der Waals surface area contributed by atoms with E-state index in [0.29, 0.717) is 17.9 Å². The molecule has 3 rings (SSSR count). The first-order valence-corrected chi connectivity index (χ1v) is 10.4. The normalized spacial score (nSPS) is 18.1. The van der Waals surface area contributed by atoms with E-state index in [1.165, 1.54) is 24.3 Å². The lowest BCUT2D eigenvalue weighted by Crippen LogP contribution is -2.38. The van der Waals surface area contributed by atoms with Gasteiger partial charge in [0.1, 0.15) is 5.75 Å². The first-order valence-electron chi connectivity index (χ1n) is 8.95. The number of carbonyl (C=O) groups is 1. The topological polar surface area (TPSA) is 75.7 Å². The van der Waals surface area contributed by atoms with Crippen LogP contribution in [0.3, 0.4) is 0 Å². The molecule has 1 aliphatic heterocycles. The van der Waals surface area contributed by atoms with Crippen LogP contribution in [-0.4, -0.2) is 39.3 Å². The Hall–Kier alpha value is -2.38. The third-order valence-corrected chi connectivity index (χ3v) is 6.80. The van der Waals surface area contributed by atoms with Gasteiger partial charge < -0.3 is 10.1 Å². The van der Waals surface area contributed by atoms with Crippen LogP contribution in [-0.2, 0) is 10.0 Å². The van der Waals surface area contributed by atoms with Crippen molar-refractivity contribution in [3.8, 4) is 5.75 Å². The predicted molar refractivity (Wildman–Crippen MR) is 103 cm³/mol. The van der Waals surface area contributed by atoms with Gasteiger partial charge in [-0.15, -0.1) is 0 Å². The quantitative estimate of drug-likeness (QED) is 0.854. The highest BCUT2D eigenvalue weighted by Gasteiger charge is 2.34. The second-order valence-corrected chi connectivity index (χ2v) is 8.40. The summed E-state index contributed by atoms with van der Waals surface area (Å²) >= 11 is 0. The van der Waals surface area contributed by atoms with Gasteiger partial charge in [0.25, 0.3) is 5.91 Å². The van der Waals surface area contributed by atoms with E-state index in [9.17, 15) is 13.2 Å². The molecule has 0 aromatic heterocycles.